The lowest BCUT2D eigenvalue weighted by Gasteiger charge is -2.29. The van der Waals surface area contributed by atoms with Crippen molar-refractivity contribution in [3.05, 3.63) is 0 Å². The zero-order chi connectivity index (χ0) is 27.6. The topological polar surface area (TPSA) is 174 Å². The molecule has 0 radical (unpaired) electrons. The van der Waals surface area contributed by atoms with Crippen molar-refractivity contribution < 1.29 is 38.4 Å². The fourth-order valence-corrected chi connectivity index (χ4v) is 4.24. The number of hydrogen-bond acceptors (Lipinski definition) is 6. The first-order valence-electron chi connectivity index (χ1n) is 12.6. The van der Waals surface area contributed by atoms with E-state index in [4.69, 9.17) is 9.79 Å². The second-order valence-corrected chi connectivity index (χ2v) is 11.9. The van der Waals surface area contributed by atoms with E-state index in [1.165, 1.54) is 52.4 Å². The lowest BCUT2D eigenvalue weighted by Crippen LogP contribution is -2.46. The highest BCUT2D eigenvalue weighted by Crippen LogP contribution is 2.38. The third kappa shape index (κ3) is 18.2. The minimum absolute atomic E-state index is 0.0361. The van der Waals surface area contributed by atoms with Crippen molar-refractivity contribution in [2.45, 2.75) is 95.9 Å². The number of nitrogens with one attached hydrogen (secondary N) is 3. The van der Waals surface area contributed by atoms with Crippen molar-refractivity contribution in [3.63, 3.8) is 0 Å². The molecule has 0 aliphatic carbocycles. The Kier molecular flexibility index (Phi) is 18.5. The molecule has 0 rings (SSSR count). The number of alkyl halides is 1. The number of unbranched alkanes of at least 4 members (excludes halogenated alkanes) is 7. The SMILES string of the molecule is CCCCCCCCCCC(Br)C(=O)NCCNC(=O)CCNC(=O)[C@H](O)C(C)(C)COP(=O)(O)O. The van der Waals surface area contributed by atoms with Crippen LogP contribution in [0.15, 0.2) is 0 Å². The quantitative estimate of drug-likeness (QED) is 0.0660. The largest absolute Gasteiger partial charge is 0.469 e. The van der Waals surface area contributed by atoms with Gasteiger partial charge in [0.1, 0.15) is 6.10 Å². The van der Waals surface area contributed by atoms with Crippen LogP contribution in [-0.4, -0.2) is 69.8 Å². The summed E-state index contributed by atoms with van der Waals surface area (Å²) < 4.78 is 15.2. The van der Waals surface area contributed by atoms with E-state index < -0.39 is 31.9 Å². The summed E-state index contributed by atoms with van der Waals surface area (Å²) in [6.07, 6.45) is 8.80. The summed E-state index contributed by atoms with van der Waals surface area (Å²) in [5.74, 6) is -1.23. The predicted octanol–water partition coefficient (Wildman–Crippen LogP) is 2.52. The average Bonchev–Trinajstić information content (AvgIpc) is 2.80. The van der Waals surface area contributed by atoms with Crippen molar-refractivity contribution in [2.24, 2.45) is 5.41 Å². The molecule has 11 nitrogen and oxygen atoms in total. The van der Waals surface area contributed by atoms with E-state index in [1.54, 1.807) is 0 Å². The van der Waals surface area contributed by atoms with Gasteiger partial charge in [0.15, 0.2) is 0 Å². The van der Waals surface area contributed by atoms with E-state index in [2.05, 4.69) is 43.3 Å². The second kappa shape index (κ2) is 19.1. The Morgan fingerprint density at radius 3 is 2.00 bits per heavy atom. The molecular weight excluding hydrogens is 557 g/mol. The molecule has 36 heavy (non-hydrogen) atoms. The fraction of sp³-hybridized carbons (Fsp3) is 0.870. The normalized spacial score (nSPS) is 13.6. The van der Waals surface area contributed by atoms with E-state index in [-0.39, 0.29) is 42.7 Å². The van der Waals surface area contributed by atoms with E-state index in [9.17, 15) is 24.1 Å². The Bertz CT molecular complexity index is 705. The van der Waals surface area contributed by atoms with E-state index in [1.807, 2.05) is 0 Å². The van der Waals surface area contributed by atoms with Crippen LogP contribution >= 0.6 is 23.8 Å². The molecule has 0 heterocycles. The summed E-state index contributed by atoms with van der Waals surface area (Å²) in [5.41, 5.74) is -1.26. The molecule has 0 fully saturated rings. The molecule has 13 heteroatoms. The molecule has 0 saturated heterocycles. The van der Waals surface area contributed by atoms with Crippen LogP contribution in [0.2, 0.25) is 0 Å². The molecule has 0 aliphatic rings. The third-order valence-corrected chi connectivity index (χ3v) is 6.93. The molecule has 0 spiro atoms. The maximum absolute atomic E-state index is 12.1. The summed E-state index contributed by atoms with van der Waals surface area (Å²) >= 11 is 3.41. The van der Waals surface area contributed by atoms with Gasteiger partial charge in [0.2, 0.25) is 17.7 Å². The van der Waals surface area contributed by atoms with Crippen LogP contribution in [0.3, 0.4) is 0 Å². The Morgan fingerprint density at radius 1 is 0.889 bits per heavy atom. The number of hydrogen-bond donors (Lipinski definition) is 6. The van der Waals surface area contributed by atoms with Gasteiger partial charge in [-0.25, -0.2) is 4.57 Å². The van der Waals surface area contributed by atoms with E-state index in [0.717, 1.165) is 19.3 Å². The average molecular weight is 603 g/mol. The monoisotopic (exact) mass is 601 g/mol. The number of phosphoric acid groups is 1. The van der Waals surface area contributed by atoms with Crippen molar-refractivity contribution in [2.75, 3.05) is 26.2 Å². The molecule has 6 N–H and O–H groups in total. The van der Waals surface area contributed by atoms with Gasteiger partial charge in [-0.1, -0.05) is 88.1 Å². The van der Waals surface area contributed by atoms with Gasteiger partial charge in [-0.2, -0.15) is 0 Å². The first kappa shape index (κ1) is 35.0. The van der Waals surface area contributed by atoms with Gasteiger partial charge in [0.25, 0.3) is 0 Å². The molecule has 0 aromatic rings. The van der Waals surface area contributed by atoms with Crippen molar-refractivity contribution >= 4 is 41.5 Å². The highest BCUT2D eigenvalue weighted by atomic mass is 79.9. The number of rotatable bonds is 21. The summed E-state index contributed by atoms with van der Waals surface area (Å²) in [7, 11) is -4.73. The maximum Gasteiger partial charge on any atom is 0.469 e. The van der Waals surface area contributed by atoms with Crippen LogP contribution in [0.4, 0.5) is 0 Å². The van der Waals surface area contributed by atoms with E-state index in [0.29, 0.717) is 0 Å². The predicted molar refractivity (Wildman–Crippen MR) is 141 cm³/mol. The van der Waals surface area contributed by atoms with E-state index >= 15 is 0 Å². The Labute approximate surface area is 223 Å². The molecule has 212 valence electrons. The molecular formula is C23H45BrN3O8P. The number of carbonyl (C=O) groups is 3. The van der Waals surface area contributed by atoms with Crippen LogP contribution in [0.1, 0.15) is 85.0 Å². The molecule has 2 atom stereocenters. The summed E-state index contributed by atoms with van der Waals surface area (Å²) in [5, 5.41) is 17.9. The summed E-state index contributed by atoms with van der Waals surface area (Å²) in [4.78, 5) is 53.4. The van der Waals surface area contributed by atoms with Gasteiger partial charge >= 0.3 is 7.82 Å². The number of carbonyl (C=O) groups excluding carboxylic acids is 3. The molecule has 0 aromatic heterocycles. The van der Waals surface area contributed by atoms with Crippen molar-refractivity contribution in [1.29, 1.82) is 0 Å². The lowest BCUT2D eigenvalue weighted by atomic mass is 9.87. The van der Waals surface area contributed by atoms with Gasteiger partial charge in [0.05, 0.1) is 11.4 Å². The molecule has 0 aliphatic heterocycles. The van der Waals surface area contributed by atoms with Crippen molar-refractivity contribution in [1.82, 2.24) is 16.0 Å². The second-order valence-electron chi connectivity index (χ2n) is 9.57. The standard InChI is InChI=1S/C23H45BrN3O8P/c1-4-5-6-7-8-9-10-11-12-18(24)21(30)27-16-15-25-19(28)13-14-26-22(31)20(29)23(2,3)17-35-36(32,33)34/h18,20,29H,4-17H2,1-3H3,(H,25,28)(H,26,31)(H,27,30)(H2,32,33,34)/t18?,20-/m0/s1. The number of aliphatic hydroxyl groups excluding tert-OH is 1. The third-order valence-electron chi connectivity index (χ3n) is 5.59. The van der Waals surface area contributed by atoms with Crippen LogP contribution in [0.25, 0.3) is 0 Å². The van der Waals surface area contributed by atoms with Gasteiger partial charge in [-0.3, -0.25) is 18.9 Å². The zero-order valence-corrected chi connectivity index (χ0v) is 24.2. The Hall–Kier alpha value is -1.04. The summed E-state index contributed by atoms with van der Waals surface area (Å²) in [6.45, 7) is 4.99. The number of halogens is 1. The Morgan fingerprint density at radius 2 is 1.42 bits per heavy atom. The molecule has 0 bridgehead atoms. The molecule has 1 unspecified atom stereocenters. The number of phosphoric ester groups is 1. The van der Waals surface area contributed by atoms with Gasteiger partial charge in [-0.05, 0) is 6.42 Å². The van der Waals surface area contributed by atoms with Gasteiger partial charge in [0, 0.05) is 31.5 Å². The summed E-state index contributed by atoms with van der Waals surface area (Å²) in [6, 6.07) is 0. The van der Waals surface area contributed by atoms with Gasteiger partial charge < -0.3 is 30.8 Å². The van der Waals surface area contributed by atoms with Gasteiger partial charge in [-0.15, -0.1) is 0 Å². The minimum Gasteiger partial charge on any atom is -0.383 e. The first-order chi connectivity index (χ1) is 16.8. The van der Waals surface area contributed by atoms with Crippen LogP contribution < -0.4 is 16.0 Å². The van der Waals surface area contributed by atoms with Crippen LogP contribution in [0.5, 0.6) is 0 Å². The Balaban J connectivity index is 3.93. The molecule has 3 amide bonds. The fourth-order valence-electron chi connectivity index (χ4n) is 3.26. The maximum atomic E-state index is 12.1. The highest BCUT2D eigenvalue weighted by Gasteiger charge is 2.35. The van der Waals surface area contributed by atoms with Crippen molar-refractivity contribution in [3.8, 4) is 0 Å². The highest BCUT2D eigenvalue weighted by molar-refractivity contribution is 9.10. The number of aliphatic hydroxyl groups is 1. The van der Waals surface area contributed by atoms with Crippen LogP contribution in [0, 0.1) is 5.41 Å². The van der Waals surface area contributed by atoms with Crippen LogP contribution in [-0.2, 0) is 23.5 Å². The number of amides is 3. The lowest BCUT2D eigenvalue weighted by molar-refractivity contribution is -0.137. The molecule has 0 aromatic carbocycles. The first-order valence-corrected chi connectivity index (χ1v) is 15.1. The zero-order valence-electron chi connectivity index (χ0n) is 21.8. The smallest absolute Gasteiger partial charge is 0.383 e. The molecule has 0 saturated carbocycles. The minimum atomic E-state index is -4.73.